The SMILES string of the molecule is COCc1cc(C(=O)Nc2ccccc2Oc2ccccc2)ccc1OC. The number of hydrogen-bond donors (Lipinski definition) is 1. The van der Waals surface area contributed by atoms with Crippen molar-refractivity contribution in [1.82, 2.24) is 0 Å². The number of ether oxygens (including phenoxy) is 3. The van der Waals surface area contributed by atoms with Crippen LogP contribution < -0.4 is 14.8 Å². The molecule has 1 amide bonds. The predicted molar refractivity (Wildman–Crippen MR) is 105 cm³/mol. The summed E-state index contributed by atoms with van der Waals surface area (Å²) < 4.78 is 16.4. The first-order valence-corrected chi connectivity index (χ1v) is 8.50. The molecule has 0 spiro atoms. The minimum absolute atomic E-state index is 0.237. The standard InChI is InChI=1S/C22H21NO4/c1-25-15-17-14-16(12-13-20(17)26-2)22(24)23-19-10-6-7-11-21(19)27-18-8-4-3-5-9-18/h3-14H,15H2,1-2H3,(H,23,24). The smallest absolute Gasteiger partial charge is 0.255 e. The second-order valence-corrected chi connectivity index (χ2v) is 5.83. The summed E-state index contributed by atoms with van der Waals surface area (Å²) in [6.07, 6.45) is 0. The van der Waals surface area contributed by atoms with Crippen LogP contribution in [0.1, 0.15) is 15.9 Å². The maximum Gasteiger partial charge on any atom is 0.255 e. The molecule has 0 bridgehead atoms. The minimum Gasteiger partial charge on any atom is -0.496 e. The maximum absolute atomic E-state index is 12.7. The Bertz CT molecular complexity index is 909. The topological polar surface area (TPSA) is 56.8 Å². The lowest BCUT2D eigenvalue weighted by Gasteiger charge is -2.13. The second-order valence-electron chi connectivity index (χ2n) is 5.83. The molecular formula is C22H21NO4. The summed E-state index contributed by atoms with van der Waals surface area (Å²) in [4.78, 5) is 12.7. The fraction of sp³-hybridized carbons (Fsp3) is 0.136. The van der Waals surface area contributed by atoms with Gasteiger partial charge in [-0.3, -0.25) is 4.79 Å². The molecule has 0 aliphatic rings. The molecule has 3 aromatic carbocycles. The van der Waals surface area contributed by atoms with E-state index in [9.17, 15) is 4.79 Å². The van der Waals surface area contributed by atoms with Crippen molar-refractivity contribution < 1.29 is 19.0 Å². The zero-order chi connectivity index (χ0) is 19.1. The number of methoxy groups -OCH3 is 2. The summed E-state index contributed by atoms with van der Waals surface area (Å²) in [5, 5.41) is 2.91. The summed E-state index contributed by atoms with van der Waals surface area (Å²) in [6, 6.07) is 22.0. The summed E-state index contributed by atoms with van der Waals surface area (Å²) in [7, 11) is 3.19. The lowest BCUT2D eigenvalue weighted by Crippen LogP contribution is -2.13. The Morgan fingerprint density at radius 3 is 2.37 bits per heavy atom. The summed E-state index contributed by atoms with van der Waals surface area (Å²) in [5.74, 6) is 1.72. The highest BCUT2D eigenvalue weighted by atomic mass is 16.5. The van der Waals surface area contributed by atoms with Crippen molar-refractivity contribution in [3.63, 3.8) is 0 Å². The van der Waals surface area contributed by atoms with Gasteiger partial charge in [0, 0.05) is 18.2 Å². The van der Waals surface area contributed by atoms with Gasteiger partial charge in [0.1, 0.15) is 11.5 Å². The molecule has 3 rings (SSSR count). The first kappa shape index (κ1) is 18.5. The van der Waals surface area contributed by atoms with Crippen molar-refractivity contribution in [3.05, 3.63) is 83.9 Å². The third-order valence-electron chi connectivity index (χ3n) is 3.95. The largest absolute Gasteiger partial charge is 0.496 e. The Labute approximate surface area is 158 Å². The van der Waals surface area contributed by atoms with Crippen LogP contribution in [0.3, 0.4) is 0 Å². The molecule has 0 aliphatic heterocycles. The van der Waals surface area contributed by atoms with Gasteiger partial charge in [0.15, 0.2) is 5.75 Å². The van der Waals surface area contributed by atoms with E-state index in [-0.39, 0.29) is 5.91 Å². The summed E-state index contributed by atoms with van der Waals surface area (Å²) in [5.41, 5.74) is 1.91. The van der Waals surface area contributed by atoms with Crippen LogP contribution in [0.25, 0.3) is 0 Å². The van der Waals surface area contributed by atoms with Gasteiger partial charge in [0.05, 0.1) is 19.4 Å². The van der Waals surface area contributed by atoms with Gasteiger partial charge >= 0.3 is 0 Å². The summed E-state index contributed by atoms with van der Waals surface area (Å²) >= 11 is 0. The van der Waals surface area contributed by atoms with Gasteiger partial charge in [-0.05, 0) is 42.5 Å². The third-order valence-corrected chi connectivity index (χ3v) is 3.95. The zero-order valence-electron chi connectivity index (χ0n) is 15.3. The van der Waals surface area contributed by atoms with Crippen molar-refractivity contribution in [2.45, 2.75) is 6.61 Å². The van der Waals surface area contributed by atoms with E-state index in [4.69, 9.17) is 14.2 Å². The molecule has 27 heavy (non-hydrogen) atoms. The number of nitrogens with one attached hydrogen (secondary N) is 1. The van der Waals surface area contributed by atoms with E-state index < -0.39 is 0 Å². The van der Waals surface area contributed by atoms with Crippen molar-refractivity contribution >= 4 is 11.6 Å². The average molecular weight is 363 g/mol. The lowest BCUT2D eigenvalue weighted by atomic mass is 10.1. The molecule has 0 heterocycles. The molecule has 3 aromatic rings. The van der Waals surface area contributed by atoms with E-state index in [1.807, 2.05) is 48.5 Å². The van der Waals surface area contributed by atoms with Crippen molar-refractivity contribution in [3.8, 4) is 17.2 Å². The molecular weight excluding hydrogens is 342 g/mol. The van der Waals surface area contributed by atoms with Crippen molar-refractivity contribution in [1.29, 1.82) is 0 Å². The highest BCUT2D eigenvalue weighted by molar-refractivity contribution is 6.05. The molecule has 5 nitrogen and oxygen atoms in total. The molecule has 0 fully saturated rings. The highest BCUT2D eigenvalue weighted by Gasteiger charge is 2.13. The lowest BCUT2D eigenvalue weighted by molar-refractivity contribution is 0.102. The van der Waals surface area contributed by atoms with E-state index in [2.05, 4.69) is 5.32 Å². The third kappa shape index (κ3) is 4.65. The Kier molecular flexibility index (Phi) is 6.07. The maximum atomic E-state index is 12.7. The Morgan fingerprint density at radius 1 is 0.889 bits per heavy atom. The van der Waals surface area contributed by atoms with Crippen molar-refractivity contribution in [2.75, 3.05) is 19.5 Å². The molecule has 0 atom stereocenters. The molecule has 5 heteroatoms. The van der Waals surface area contributed by atoms with Crippen LogP contribution in [-0.2, 0) is 11.3 Å². The van der Waals surface area contributed by atoms with Gasteiger partial charge < -0.3 is 19.5 Å². The first-order chi connectivity index (χ1) is 13.2. The van der Waals surface area contributed by atoms with Gasteiger partial charge in [-0.25, -0.2) is 0 Å². The number of amides is 1. The Hall–Kier alpha value is -3.31. The molecule has 0 aromatic heterocycles. The average Bonchev–Trinajstić information content (AvgIpc) is 2.70. The van der Waals surface area contributed by atoms with Crippen LogP contribution >= 0.6 is 0 Å². The molecule has 0 unspecified atom stereocenters. The number of hydrogen-bond acceptors (Lipinski definition) is 4. The van der Waals surface area contributed by atoms with Crippen LogP contribution in [0.5, 0.6) is 17.2 Å². The fourth-order valence-corrected chi connectivity index (χ4v) is 2.66. The number of carbonyl (C=O) groups excluding carboxylic acids is 1. The zero-order valence-corrected chi connectivity index (χ0v) is 15.3. The number of benzene rings is 3. The number of rotatable bonds is 7. The van der Waals surface area contributed by atoms with E-state index in [1.165, 1.54) is 0 Å². The number of para-hydroxylation sites is 3. The van der Waals surface area contributed by atoms with Crippen LogP contribution in [0.15, 0.2) is 72.8 Å². The van der Waals surface area contributed by atoms with Crippen LogP contribution in [-0.4, -0.2) is 20.1 Å². The quantitative estimate of drug-likeness (QED) is 0.650. The normalized spacial score (nSPS) is 10.3. The monoisotopic (exact) mass is 363 g/mol. The molecule has 0 aliphatic carbocycles. The van der Waals surface area contributed by atoms with Gasteiger partial charge in [-0.1, -0.05) is 30.3 Å². The molecule has 1 N–H and O–H groups in total. The van der Waals surface area contributed by atoms with E-state index >= 15 is 0 Å². The summed E-state index contributed by atoms with van der Waals surface area (Å²) in [6.45, 7) is 0.359. The van der Waals surface area contributed by atoms with E-state index in [0.29, 0.717) is 35.1 Å². The fourth-order valence-electron chi connectivity index (χ4n) is 2.66. The molecule has 0 saturated heterocycles. The van der Waals surface area contributed by atoms with Crippen molar-refractivity contribution in [2.24, 2.45) is 0 Å². The van der Waals surface area contributed by atoms with E-state index in [1.54, 1.807) is 38.5 Å². The molecule has 138 valence electrons. The van der Waals surface area contributed by atoms with Gasteiger partial charge in [0.25, 0.3) is 5.91 Å². The molecule has 0 saturated carbocycles. The van der Waals surface area contributed by atoms with Gasteiger partial charge in [0.2, 0.25) is 0 Å². The Balaban J connectivity index is 1.81. The molecule has 0 radical (unpaired) electrons. The van der Waals surface area contributed by atoms with Gasteiger partial charge in [-0.2, -0.15) is 0 Å². The first-order valence-electron chi connectivity index (χ1n) is 8.50. The van der Waals surface area contributed by atoms with E-state index in [0.717, 1.165) is 5.56 Å². The Morgan fingerprint density at radius 2 is 1.63 bits per heavy atom. The highest BCUT2D eigenvalue weighted by Crippen LogP contribution is 2.30. The van der Waals surface area contributed by atoms with Gasteiger partial charge in [-0.15, -0.1) is 0 Å². The number of anilines is 1. The van der Waals surface area contributed by atoms with Crippen LogP contribution in [0.2, 0.25) is 0 Å². The van der Waals surface area contributed by atoms with Crippen LogP contribution in [0.4, 0.5) is 5.69 Å². The number of carbonyl (C=O) groups is 1. The predicted octanol–water partition coefficient (Wildman–Crippen LogP) is 4.89. The second kappa shape index (κ2) is 8.87. The minimum atomic E-state index is -0.237. The van der Waals surface area contributed by atoms with Crippen LogP contribution in [0, 0.1) is 0 Å².